The van der Waals surface area contributed by atoms with Crippen molar-refractivity contribution in [1.82, 2.24) is 14.5 Å². The Bertz CT molecular complexity index is 1920. The quantitative estimate of drug-likeness (QED) is 0.0790. The fraction of sp³-hybridized carbons (Fsp3) is 0.472. The second-order valence-electron chi connectivity index (χ2n) is 12.4. The van der Waals surface area contributed by atoms with Gasteiger partial charge >= 0.3 is 19.7 Å². The number of benzene rings is 2. The van der Waals surface area contributed by atoms with E-state index in [9.17, 15) is 27.6 Å². The summed E-state index contributed by atoms with van der Waals surface area (Å²) < 4.78 is 79.4. The fourth-order valence-electron chi connectivity index (χ4n) is 6.59. The summed E-state index contributed by atoms with van der Waals surface area (Å²) in [4.78, 5) is 20.5. The minimum absolute atomic E-state index is 0.00562. The van der Waals surface area contributed by atoms with Crippen LogP contribution in [-0.4, -0.2) is 52.0 Å². The van der Waals surface area contributed by atoms with Gasteiger partial charge in [-0.25, -0.2) is 4.98 Å². The van der Waals surface area contributed by atoms with Crippen molar-refractivity contribution < 1.29 is 46.2 Å². The van der Waals surface area contributed by atoms with Gasteiger partial charge in [0, 0.05) is 24.8 Å². The van der Waals surface area contributed by atoms with Crippen molar-refractivity contribution >= 4 is 47.5 Å². The topological polar surface area (TPSA) is 146 Å². The lowest BCUT2D eigenvalue weighted by molar-refractivity contribution is -0.149. The molecule has 1 aliphatic carbocycles. The number of alkyl halides is 3. The molecule has 12 nitrogen and oxygen atoms in total. The van der Waals surface area contributed by atoms with Gasteiger partial charge in [-0.1, -0.05) is 12.1 Å². The number of ether oxygens (including phenoxy) is 2. The van der Waals surface area contributed by atoms with Crippen LogP contribution in [0.25, 0.3) is 10.8 Å². The molecule has 0 spiro atoms. The normalized spacial score (nSPS) is 16.5. The van der Waals surface area contributed by atoms with Gasteiger partial charge in [0.1, 0.15) is 17.1 Å². The monoisotopic (exact) mass is 747 g/mol. The van der Waals surface area contributed by atoms with Crippen LogP contribution in [0.4, 0.5) is 36.3 Å². The maximum atomic E-state index is 14.3. The molecule has 0 bridgehead atoms. The van der Waals surface area contributed by atoms with Gasteiger partial charge in [0.05, 0.1) is 55.3 Å². The number of aryl methyl sites for hydroxylation is 1. The highest BCUT2D eigenvalue weighted by molar-refractivity contribution is 7.53. The van der Waals surface area contributed by atoms with Crippen LogP contribution >= 0.6 is 7.60 Å². The molecule has 0 radical (unpaired) electrons. The summed E-state index contributed by atoms with van der Waals surface area (Å²) in [6, 6.07) is 8.44. The van der Waals surface area contributed by atoms with Crippen molar-refractivity contribution in [3.8, 4) is 11.6 Å². The Hall–Kier alpha value is -4.33. The summed E-state index contributed by atoms with van der Waals surface area (Å²) in [5, 5.41) is 17.9. The van der Waals surface area contributed by atoms with Crippen molar-refractivity contribution in [2.24, 2.45) is 13.0 Å². The van der Waals surface area contributed by atoms with Crippen LogP contribution in [0, 0.1) is 5.92 Å². The number of hydrogen-bond acceptors (Lipinski definition) is 11. The lowest BCUT2D eigenvalue weighted by Gasteiger charge is -2.28. The highest BCUT2D eigenvalue weighted by Gasteiger charge is 2.36. The molecule has 3 N–H and O–H groups in total. The van der Waals surface area contributed by atoms with E-state index in [4.69, 9.17) is 18.5 Å². The zero-order valence-electron chi connectivity index (χ0n) is 29.9. The summed E-state index contributed by atoms with van der Waals surface area (Å²) in [6.45, 7) is 8.01. The standard InChI is InChI=1S/C36H45F3N5O7P/c1-6-48-30-18-22(21-52(47,50-8-3)51-9-4)10-16-28(30)42-35-40-19-27(36(37,38)39)32(43-35)41-29-17-15-25(26-20-44(5)33(45)31(26)29)23-11-13-24(14-12-23)34(46)49-7-2/h10,15-20,23-24,45H,6-9,11-14,21H2,1-5H3,(H2,40,41,42,43). The molecule has 0 atom stereocenters. The number of fused-ring (bicyclic) bond motifs is 1. The zero-order chi connectivity index (χ0) is 37.6. The van der Waals surface area contributed by atoms with Gasteiger partial charge in [-0.15, -0.1) is 0 Å². The van der Waals surface area contributed by atoms with Crippen LogP contribution in [0.15, 0.2) is 42.7 Å². The van der Waals surface area contributed by atoms with E-state index in [1.165, 1.54) is 4.57 Å². The lowest BCUT2D eigenvalue weighted by Crippen LogP contribution is -2.23. The first-order valence-corrected chi connectivity index (χ1v) is 19.1. The van der Waals surface area contributed by atoms with Crippen molar-refractivity contribution in [2.45, 2.75) is 71.6 Å². The lowest BCUT2D eigenvalue weighted by atomic mass is 9.77. The third-order valence-electron chi connectivity index (χ3n) is 8.91. The van der Waals surface area contributed by atoms with E-state index in [1.54, 1.807) is 65.2 Å². The number of esters is 1. The predicted octanol–water partition coefficient (Wildman–Crippen LogP) is 9.18. The molecule has 2 aromatic heterocycles. The zero-order valence-corrected chi connectivity index (χ0v) is 30.8. The number of aromatic hydroxyl groups is 1. The van der Waals surface area contributed by atoms with Crippen LogP contribution in [0.2, 0.25) is 0 Å². The highest BCUT2D eigenvalue weighted by Crippen LogP contribution is 2.52. The number of rotatable bonds is 15. The molecular formula is C36H45F3N5O7P. The number of hydrogen-bond donors (Lipinski definition) is 3. The number of nitrogens with zero attached hydrogens (tertiary/aromatic N) is 3. The number of carbonyl (C=O) groups excluding carboxylic acids is 1. The summed E-state index contributed by atoms with van der Waals surface area (Å²) in [7, 11) is -1.76. The van der Waals surface area contributed by atoms with Crippen LogP contribution in [0.1, 0.15) is 76.0 Å². The fourth-order valence-corrected chi connectivity index (χ4v) is 8.28. The molecule has 52 heavy (non-hydrogen) atoms. The van der Waals surface area contributed by atoms with Crippen LogP contribution < -0.4 is 15.4 Å². The molecule has 0 saturated heterocycles. The molecule has 5 rings (SSSR count). The molecule has 282 valence electrons. The van der Waals surface area contributed by atoms with Crippen LogP contribution in [-0.2, 0) is 42.5 Å². The first kappa shape index (κ1) is 38.9. The SMILES string of the molecule is CCOC(=O)C1CCC(c2ccc(Nc3nc(Nc4ccc(CP(=O)(OCC)OCC)cc4OCC)ncc3C(F)(F)F)c3c(O)n(C)cc23)CC1. The molecule has 16 heteroatoms. The third-order valence-corrected chi connectivity index (χ3v) is 11.0. The van der Waals surface area contributed by atoms with E-state index in [1.807, 2.05) is 6.07 Å². The predicted molar refractivity (Wildman–Crippen MR) is 192 cm³/mol. The maximum absolute atomic E-state index is 14.3. The van der Waals surface area contributed by atoms with Gasteiger partial charge in [-0.05, 0) is 88.6 Å². The van der Waals surface area contributed by atoms with Gasteiger partial charge in [0.2, 0.25) is 11.8 Å². The number of nitrogens with one attached hydrogen (secondary N) is 2. The Kier molecular flexibility index (Phi) is 12.4. The minimum Gasteiger partial charge on any atom is -0.494 e. The second-order valence-corrected chi connectivity index (χ2v) is 14.5. The minimum atomic E-state index is -4.80. The molecule has 2 aromatic carbocycles. The van der Waals surface area contributed by atoms with E-state index in [0.29, 0.717) is 53.4 Å². The molecular weight excluding hydrogens is 702 g/mol. The van der Waals surface area contributed by atoms with E-state index in [2.05, 4.69) is 20.6 Å². The van der Waals surface area contributed by atoms with Crippen LogP contribution in [0.5, 0.6) is 11.6 Å². The molecule has 1 fully saturated rings. The Labute approximate surface area is 300 Å². The summed E-state index contributed by atoms with van der Waals surface area (Å²) in [6.07, 6.45) is 0.394. The third kappa shape index (κ3) is 8.82. The Morgan fingerprint density at radius 1 is 0.981 bits per heavy atom. The average Bonchev–Trinajstić information content (AvgIpc) is 3.40. The van der Waals surface area contributed by atoms with E-state index in [0.717, 1.165) is 18.4 Å². The first-order valence-electron chi connectivity index (χ1n) is 17.4. The highest BCUT2D eigenvalue weighted by atomic mass is 31.2. The van der Waals surface area contributed by atoms with Gasteiger partial charge in [0.25, 0.3) is 0 Å². The van der Waals surface area contributed by atoms with E-state index in [-0.39, 0.29) is 61.3 Å². The summed E-state index contributed by atoms with van der Waals surface area (Å²) in [5.41, 5.74) is 1.03. The van der Waals surface area contributed by atoms with Crippen molar-refractivity contribution in [1.29, 1.82) is 0 Å². The van der Waals surface area contributed by atoms with E-state index >= 15 is 0 Å². The molecule has 1 aliphatic rings. The van der Waals surface area contributed by atoms with Crippen molar-refractivity contribution in [3.63, 3.8) is 0 Å². The van der Waals surface area contributed by atoms with Gasteiger partial charge < -0.3 is 38.8 Å². The summed E-state index contributed by atoms with van der Waals surface area (Å²) >= 11 is 0. The average molecular weight is 748 g/mol. The van der Waals surface area contributed by atoms with Crippen molar-refractivity contribution in [2.75, 3.05) is 37.1 Å². The molecule has 4 aromatic rings. The van der Waals surface area contributed by atoms with E-state index < -0.39 is 25.2 Å². The Balaban J connectivity index is 1.46. The second kappa shape index (κ2) is 16.6. The smallest absolute Gasteiger partial charge is 0.421 e. The first-order chi connectivity index (χ1) is 24.8. The van der Waals surface area contributed by atoms with Crippen molar-refractivity contribution in [3.05, 3.63) is 59.4 Å². The van der Waals surface area contributed by atoms with Gasteiger partial charge in [-0.3, -0.25) is 9.36 Å². The summed E-state index contributed by atoms with van der Waals surface area (Å²) in [5.74, 6) is -0.746. The number of anilines is 4. The number of carbonyl (C=O) groups is 1. The molecule has 2 heterocycles. The molecule has 1 saturated carbocycles. The molecule has 0 amide bonds. The number of aromatic nitrogens is 3. The van der Waals surface area contributed by atoms with Gasteiger partial charge in [-0.2, -0.15) is 18.2 Å². The van der Waals surface area contributed by atoms with Crippen LogP contribution in [0.3, 0.4) is 0 Å². The van der Waals surface area contributed by atoms with Gasteiger partial charge in [0.15, 0.2) is 0 Å². The Morgan fingerprint density at radius 3 is 2.31 bits per heavy atom. The number of halogens is 3. The molecule has 0 aliphatic heterocycles. The molecule has 0 unspecified atom stereocenters. The maximum Gasteiger partial charge on any atom is 0.421 e. The largest absolute Gasteiger partial charge is 0.494 e. The Morgan fingerprint density at radius 2 is 1.67 bits per heavy atom.